The van der Waals surface area contributed by atoms with Crippen molar-refractivity contribution in [1.29, 1.82) is 0 Å². The molecule has 0 saturated carbocycles. The molecule has 0 fully saturated rings. The van der Waals surface area contributed by atoms with Crippen molar-refractivity contribution >= 4 is 17.8 Å². The number of aromatic hydroxyl groups is 1. The first-order chi connectivity index (χ1) is 10.9. The van der Waals surface area contributed by atoms with E-state index in [0.29, 0.717) is 5.56 Å². The second kappa shape index (κ2) is 8.79. The topological polar surface area (TPSA) is 91.3 Å². The quantitative estimate of drug-likeness (QED) is 0.255. The maximum absolute atomic E-state index is 12.0. The van der Waals surface area contributed by atoms with E-state index in [2.05, 4.69) is 0 Å². The monoisotopic (exact) mass is 324 g/mol. The number of methoxy groups -OCH3 is 3. The minimum absolute atomic E-state index is 0.0438. The second-order valence-corrected chi connectivity index (χ2v) is 4.52. The van der Waals surface area contributed by atoms with Crippen LogP contribution in [0.4, 0.5) is 0 Å². The molecule has 7 nitrogen and oxygen atoms in total. The predicted molar refractivity (Wildman–Crippen MR) is 82.7 cm³/mol. The van der Waals surface area contributed by atoms with Crippen LogP contribution in [0.3, 0.4) is 0 Å². The Hall–Kier alpha value is -2.54. The Kier molecular flexibility index (Phi) is 7.08. The normalized spacial score (nSPS) is 11.0. The van der Waals surface area contributed by atoms with Crippen molar-refractivity contribution in [1.82, 2.24) is 0 Å². The van der Waals surface area contributed by atoms with Gasteiger partial charge < -0.3 is 24.1 Å². The SMILES string of the molecule is COCCOC(=O)/C(=C/c1cc(OC)c(O)c(OC)c1)C(C)=O. The summed E-state index contributed by atoms with van der Waals surface area (Å²) in [7, 11) is 4.24. The number of esters is 1. The Balaban J connectivity index is 3.17. The van der Waals surface area contributed by atoms with Crippen LogP contribution in [-0.2, 0) is 19.1 Å². The summed E-state index contributed by atoms with van der Waals surface area (Å²) in [5.74, 6) is -1.05. The van der Waals surface area contributed by atoms with Crippen molar-refractivity contribution < 1.29 is 33.6 Å². The molecule has 23 heavy (non-hydrogen) atoms. The molecule has 0 atom stereocenters. The summed E-state index contributed by atoms with van der Waals surface area (Å²) in [6.45, 7) is 1.54. The number of hydrogen-bond acceptors (Lipinski definition) is 7. The number of Topliss-reactive ketones (excluding diaryl/α,β-unsaturated/α-hetero) is 1. The average Bonchev–Trinajstić information content (AvgIpc) is 2.53. The van der Waals surface area contributed by atoms with Crippen LogP contribution in [0.2, 0.25) is 0 Å². The lowest BCUT2D eigenvalue weighted by molar-refractivity contribution is -0.141. The fraction of sp³-hybridized carbons (Fsp3) is 0.375. The molecule has 0 aliphatic carbocycles. The van der Waals surface area contributed by atoms with Crippen molar-refractivity contribution in [3.8, 4) is 17.2 Å². The van der Waals surface area contributed by atoms with Gasteiger partial charge in [-0.15, -0.1) is 0 Å². The van der Waals surface area contributed by atoms with Crippen LogP contribution in [-0.4, -0.2) is 51.4 Å². The van der Waals surface area contributed by atoms with Crippen molar-refractivity contribution in [2.45, 2.75) is 6.92 Å². The highest BCUT2D eigenvalue weighted by molar-refractivity contribution is 6.19. The highest BCUT2D eigenvalue weighted by atomic mass is 16.6. The molecule has 0 aliphatic heterocycles. The molecule has 0 heterocycles. The summed E-state index contributed by atoms with van der Waals surface area (Å²) in [6.07, 6.45) is 1.35. The summed E-state index contributed by atoms with van der Waals surface area (Å²) >= 11 is 0. The maximum atomic E-state index is 12.0. The number of phenols is 1. The van der Waals surface area contributed by atoms with E-state index >= 15 is 0 Å². The number of benzene rings is 1. The summed E-state index contributed by atoms with van der Waals surface area (Å²) in [5.41, 5.74) is 0.321. The highest BCUT2D eigenvalue weighted by Crippen LogP contribution is 2.37. The number of rotatable bonds is 8. The molecule has 0 aliphatic rings. The largest absolute Gasteiger partial charge is 0.502 e. The van der Waals surface area contributed by atoms with E-state index in [9.17, 15) is 14.7 Å². The van der Waals surface area contributed by atoms with Crippen LogP contribution >= 0.6 is 0 Å². The van der Waals surface area contributed by atoms with Crippen molar-refractivity contribution in [2.75, 3.05) is 34.5 Å². The van der Waals surface area contributed by atoms with Gasteiger partial charge in [-0.3, -0.25) is 4.79 Å². The van der Waals surface area contributed by atoms with Crippen LogP contribution in [0.25, 0.3) is 6.08 Å². The molecule has 0 amide bonds. The van der Waals surface area contributed by atoms with Gasteiger partial charge in [0.25, 0.3) is 0 Å². The number of hydrogen-bond donors (Lipinski definition) is 1. The van der Waals surface area contributed by atoms with Crippen molar-refractivity contribution in [3.05, 3.63) is 23.3 Å². The second-order valence-electron chi connectivity index (χ2n) is 4.52. The molecule has 1 aromatic rings. The molecule has 1 aromatic carbocycles. The standard InChI is InChI=1S/C16H20O7/c1-10(17)12(16(19)23-6-5-20-2)7-11-8-13(21-3)15(18)14(9-11)22-4/h7-9,18H,5-6H2,1-4H3/b12-7+. The van der Waals surface area contributed by atoms with Crippen LogP contribution < -0.4 is 9.47 Å². The van der Waals surface area contributed by atoms with Gasteiger partial charge in [0.2, 0.25) is 5.75 Å². The van der Waals surface area contributed by atoms with Gasteiger partial charge in [0, 0.05) is 7.11 Å². The molecule has 0 unspecified atom stereocenters. The van der Waals surface area contributed by atoms with E-state index in [4.69, 9.17) is 18.9 Å². The Morgan fingerprint density at radius 3 is 2.09 bits per heavy atom. The molecule has 0 aromatic heterocycles. The molecular weight excluding hydrogens is 304 g/mol. The highest BCUT2D eigenvalue weighted by Gasteiger charge is 2.18. The van der Waals surface area contributed by atoms with Crippen LogP contribution in [0.1, 0.15) is 12.5 Å². The number of ketones is 1. The molecule has 126 valence electrons. The molecule has 1 N–H and O–H groups in total. The van der Waals surface area contributed by atoms with Crippen LogP contribution in [0, 0.1) is 0 Å². The first kappa shape index (κ1) is 18.5. The Morgan fingerprint density at radius 2 is 1.65 bits per heavy atom. The smallest absolute Gasteiger partial charge is 0.341 e. The predicted octanol–water partition coefficient (Wildman–Crippen LogP) is 1.57. The number of ether oxygens (including phenoxy) is 4. The van der Waals surface area contributed by atoms with E-state index in [0.717, 1.165) is 0 Å². The molecular formula is C16H20O7. The summed E-state index contributed by atoms with van der Waals surface area (Å²) in [6, 6.07) is 2.95. The van der Waals surface area contributed by atoms with E-state index in [-0.39, 0.29) is 36.0 Å². The fourth-order valence-corrected chi connectivity index (χ4v) is 1.76. The number of carbonyl (C=O) groups is 2. The zero-order chi connectivity index (χ0) is 17.4. The van der Waals surface area contributed by atoms with Gasteiger partial charge in [-0.05, 0) is 30.7 Å². The van der Waals surface area contributed by atoms with Gasteiger partial charge in [-0.2, -0.15) is 0 Å². The molecule has 0 bridgehead atoms. The summed E-state index contributed by atoms with van der Waals surface area (Å²) < 4.78 is 19.8. The Morgan fingerprint density at radius 1 is 1.09 bits per heavy atom. The van der Waals surface area contributed by atoms with Crippen LogP contribution in [0.15, 0.2) is 17.7 Å². The summed E-state index contributed by atoms with van der Waals surface area (Å²) in [4.78, 5) is 23.6. The Labute approximate surface area is 134 Å². The van der Waals surface area contributed by atoms with E-state index in [1.165, 1.54) is 46.5 Å². The third-order valence-corrected chi connectivity index (χ3v) is 2.93. The number of phenolic OH excluding ortho intramolecular Hbond substituents is 1. The molecule has 0 saturated heterocycles. The lowest BCUT2D eigenvalue weighted by Gasteiger charge is -2.10. The van der Waals surface area contributed by atoms with E-state index in [1.807, 2.05) is 0 Å². The average molecular weight is 324 g/mol. The maximum Gasteiger partial charge on any atom is 0.341 e. The first-order valence-electron chi connectivity index (χ1n) is 6.78. The minimum Gasteiger partial charge on any atom is -0.502 e. The molecule has 7 heteroatoms. The number of carbonyl (C=O) groups excluding carboxylic acids is 2. The van der Waals surface area contributed by atoms with E-state index in [1.54, 1.807) is 0 Å². The first-order valence-corrected chi connectivity index (χ1v) is 6.78. The van der Waals surface area contributed by atoms with Gasteiger partial charge in [0.1, 0.15) is 12.2 Å². The minimum atomic E-state index is -0.749. The zero-order valence-electron chi connectivity index (χ0n) is 13.5. The molecule has 0 spiro atoms. The van der Waals surface area contributed by atoms with Crippen molar-refractivity contribution in [3.63, 3.8) is 0 Å². The van der Waals surface area contributed by atoms with Gasteiger partial charge in [-0.25, -0.2) is 4.79 Å². The van der Waals surface area contributed by atoms with Gasteiger partial charge in [-0.1, -0.05) is 0 Å². The van der Waals surface area contributed by atoms with Crippen molar-refractivity contribution in [2.24, 2.45) is 0 Å². The summed E-state index contributed by atoms with van der Waals surface area (Å²) in [5, 5.41) is 9.87. The zero-order valence-corrected chi connectivity index (χ0v) is 13.5. The third-order valence-electron chi connectivity index (χ3n) is 2.93. The van der Waals surface area contributed by atoms with Crippen LogP contribution in [0.5, 0.6) is 17.2 Å². The van der Waals surface area contributed by atoms with Gasteiger partial charge in [0.05, 0.1) is 20.8 Å². The fourth-order valence-electron chi connectivity index (χ4n) is 1.76. The Bertz CT molecular complexity index is 579. The third kappa shape index (κ3) is 5.00. The van der Waals surface area contributed by atoms with Gasteiger partial charge >= 0.3 is 5.97 Å². The lowest BCUT2D eigenvalue weighted by Crippen LogP contribution is -2.16. The van der Waals surface area contributed by atoms with E-state index < -0.39 is 11.8 Å². The molecule has 1 rings (SSSR count). The lowest BCUT2D eigenvalue weighted by atomic mass is 10.1. The molecule has 0 radical (unpaired) electrons. The van der Waals surface area contributed by atoms with Gasteiger partial charge in [0.15, 0.2) is 17.3 Å².